The van der Waals surface area contributed by atoms with Crippen molar-refractivity contribution < 1.29 is 18.6 Å². The molecule has 1 heterocycles. The maximum Gasteiger partial charge on any atom is 0.273 e. The topological polar surface area (TPSA) is 70.8 Å². The predicted octanol–water partition coefficient (Wildman–Crippen LogP) is 2.38. The lowest BCUT2D eigenvalue weighted by atomic mass is 10.3. The summed E-state index contributed by atoms with van der Waals surface area (Å²) in [5.74, 6) is 0.943. The summed E-state index contributed by atoms with van der Waals surface area (Å²) in [5, 5.41) is 10.6. The van der Waals surface area contributed by atoms with E-state index in [1.165, 1.54) is 24.2 Å². The quantitative estimate of drug-likeness (QED) is 0.349. The SMILES string of the molecule is CSOCCC1Oc2ccc([N+](=O)[O-])cc2O1. The Morgan fingerprint density at radius 3 is 2.94 bits per heavy atom. The lowest BCUT2D eigenvalue weighted by Gasteiger charge is -2.08. The Morgan fingerprint density at radius 2 is 2.24 bits per heavy atom. The monoisotopic (exact) mass is 257 g/mol. The zero-order valence-electron chi connectivity index (χ0n) is 9.12. The minimum Gasteiger partial charge on any atom is -0.451 e. The molecule has 1 aromatic carbocycles. The second kappa shape index (κ2) is 5.24. The van der Waals surface area contributed by atoms with Crippen molar-refractivity contribution in [1.82, 2.24) is 0 Å². The first-order valence-corrected chi connectivity index (χ1v) is 6.13. The Bertz CT molecular complexity index is 425. The number of hydrogen-bond donors (Lipinski definition) is 0. The van der Waals surface area contributed by atoms with E-state index < -0.39 is 11.2 Å². The molecule has 2 rings (SSSR count). The molecule has 0 saturated heterocycles. The van der Waals surface area contributed by atoms with E-state index in [-0.39, 0.29) is 5.69 Å². The van der Waals surface area contributed by atoms with Gasteiger partial charge in [0.1, 0.15) is 0 Å². The average Bonchev–Trinajstić information content (AvgIpc) is 2.70. The van der Waals surface area contributed by atoms with Crippen LogP contribution in [0.1, 0.15) is 6.42 Å². The highest BCUT2D eigenvalue weighted by molar-refractivity contribution is 7.93. The molecule has 92 valence electrons. The van der Waals surface area contributed by atoms with Gasteiger partial charge in [0.25, 0.3) is 5.69 Å². The van der Waals surface area contributed by atoms with Gasteiger partial charge >= 0.3 is 0 Å². The fourth-order valence-corrected chi connectivity index (χ4v) is 1.72. The number of fused-ring (bicyclic) bond motifs is 1. The maximum absolute atomic E-state index is 10.6. The number of nitro benzene ring substituents is 1. The Morgan fingerprint density at radius 1 is 1.47 bits per heavy atom. The van der Waals surface area contributed by atoms with E-state index in [4.69, 9.17) is 13.7 Å². The number of benzene rings is 1. The summed E-state index contributed by atoms with van der Waals surface area (Å²) < 4.78 is 16.0. The van der Waals surface area contributed by atoms with Crippen LogP contribution in [-0.4, -0.2) is 24.1 Å². The number of nitrogens with zero attached hydrogens (tertiary/aromatic N) is 1. The fourth-order valence-electron chi connectivity index (χ4n) is 1.45. The normalized spacial score (nSPS) is 17.1. The van der Waals surface area contributed by atoms with Crippen LogP contribution in [0.15, 0.2) is 18.2 Å². The molecular formula is C10H11NO5S. The van der Waals surface area contributed by atoms with Gasteiger partial charge in [-0.2, -0.15) is 0 Å². The summed E-state index contributed by atoms with van der Waals surface area (Å²) in [7, 11) is 0. The lowest BCUT2D eigenvalue weighted by Crippen LogP contribution is -2.19. The molecule has 0 aromatic heterocycles. The van der Waals surface area contributed by atoms with Crippen molar-refractivity contribution in [1.29, 1.82) is 0 Å². The second-order valence-electron chi connectivity index (χ2n) is 3.33. The van der Waals surface area contributed by atoms with E-state index in [0.717, 1.165) is 0 Å². The molecule has 0 bridgehead atoms. The minimum atomic E-state index is -0.464. The molecule has 6 nitrogen and oxygen atoms in total. The fraction of sp³-hybridized carbons (Fsp3) is 0.400. The molecule has 17 heavy (non-hydrogen) atoms. The van der Waals surface area contributed by atoms with Crippen molar-refractivity contribution in [3.05, 3.63) is 28.3 Å². The smallest absolute Gasteiger partial charge is 0.273 e. The van der Waals surface area contributed by atoms with E-state index in [1.807, 2.05) is 6.26 Å². The number of non-ortho nitro benzene ring substituents is 1. The Balaban J connectivity index is 1.99. The van der Waals surface area contributed by atoms with Crippen LogP contribution in [0.3, 0.4) is 0 Å². The van der Waals surface area contributed by atoms with E-state index in [9.17, 15) is 10.1 Å². The van der Waals surface area contributed by atoms with Crippen molar-refractivity contribution in [2.24, 2.45) is 0 Å². The standard InChI is InChI=1S/C10H11NO5S/c1-17-14-5-4-10-15-8-3-2-7(11(12)13)6-9(8)16-10/h2-3,6,10H,4-5H2,1H3. The highest BCUT2D eigenvalue weighted by atomic mass is 32.2. The van der Waals surface area contributed by atoms with Crippen LogP contribution in [-0.2, 0) is 4.18 Å². The van der Waals surface area contributed by atoms with Crippen LogP contribution >= 0.6 is 12.0 Å². The highest BCUT2D eigenvalue weighted by Crippen LogP contribution is 2.38. The summed E-state index contributed by atoms with van der Waals surface area (Å²) in [4.78, 5) is 10.1. The molecule has 1 atom stereocenters. The van der Waals surface area contributed by atoms with Gasteiger partial charge in [0.15, 0.2) is 11.5 Å². The summed E-state index contributed by atoms with van der Waals surface area (Å²) in [6.07, 6.45) is 1.97. The van der Waals surface area contributed by atoms with Crippen molar-refractivity contribution in [3.63, 3.8) is 0 Å². The third-order valence-electron chi connectivity index (χ3n) is 2.21. The zero-order chi connectivity index (χ0) is 12.3. The van der Waals surface area contributed by atoms with Crippen LogP contribution in [0.4, 0.5) is 5.69 Å². The molecule has 7 heteroatoms. The van der Waals surface area contributed by atoms with Gasteiger partial charge in [-0.05, 0) is 18.1 Å². The summed E-state index contributed by atoms with van der Waals surface area (Å²) in [5.41, 5.74) is -0.00614. The van der Waals surface area contributed by atoms with Crippen LogP contribution in [0.5, 0.6) is 11.5 Å². The van der Waals surface area contributed by atoms with Crippen molar-refractivity contribution >= 4 is 17.7 Å². The Labute approximate surface area is 102 Å². The molecule has 0 radical (unpaired) electrons. The van der Waals surface area contributed by atoms with Crippen molar-refractivity contribution in [2.45, 2.75) is 12.7 Å². The van der Waals surface area contributed by atoms with Gasteiger partial charge in [-0.1, -0.05) is 0 Å². The first-order valence-electron chi connectivity index (χ1n) is 4.98. The molecule has 0 aliphatic carbocycles. The Kier molecular flexibility index (Phi) is 3.70. The highest BCUT2D eigenvalue weighted by Gasteiger charge is 2.25. The van der Waals surface area contributed by atoms with Gasteiger partial charge in [-0.3, -0.25) is 10.1 Å². The number of rotatable bonds is 5. The third kappa shape index (κ3) is 2.80. The molecular weight excluding hydrogens is 246 g/mol. The lowest BCUT2D eigenvalue weighted by molar-refractivity contribution is -0.384. The molecule has 0 N–H and O–H groups in total. The largest absolute Gasteiger partial charge is 0.451 e. The molecule has 1 unspecified atom stereocenters. The van der Waals surface area contributed by atoms with Crippen LogP contribution in [0.25, 0.3) is 0 Å². The molecule has 1 aliphatic heterocycles. The first-order chi connectivity index (χ1) is 8.20. The predicted molar refractivity (Wildman–Crippen MR) is 62.2 cm³/mol. The van der Waals surface area contributed by atoms with Gasteiger partial charge in [0, 0.05) is 18.7 Å². The zero-order valence-corrected chi connectivity index (χ0v) is 9.94. The molecule has 0 fully saturated rings. The number of ether oxygens (including phenoxy) is 2. The van der Waals surface area contributed by atoms with Crippen molar-refractivity contribution in [2.75, 3.05) is 12.9 Å². The molecule has 1 aliphatic rings. The van der Waals surface area contributed by atoms with Gasteiger partial charge in [-0.25, -0.2) is 0 Å². The first kappa shape index (κ1) is 12.0. The van der Waals surface area contributed by atoms with Gasteiger partial charge < -0.3 is 13.7 Å². The summed E-state index contributed by atoms with van der Waals surface area (Å²) >= 11 is 1.27. The minimum absolute atomic E-state index is 0.00614. The van der Waals surface area contributed by atoms with Gasteiger partial charge in [0.05, 0.1) is 17.6 Å². The van der Waals surface area contributed by atoms with Crippen LogP contribution in [0, 0.1) is 10.1 Å². The summed E-state index contributed by atoms with van der Waals surface area (Å²) in [6.45, 7) is 0.502. The number of nitro groups is 1. The van der Waals surface area contributed by atoms with E-state index in [1.54, 1.807) is 6.07 Å². The number of hydrogen-bond acceptors (Lipinski definition) is 6. The van der Waals surface area contributed by atoms with Gasteiger partial charge in [-0.15, -0.1) is 0 Å². The maximum atomic E-state index is 10.6. The summed E-state index contributed by atoms with van der Waals surface area (Å²) in [6, 6.07) is 4.30. The molecule has 0 spiro atoms. The second-order valence-corrected chi connectivity index (χ2v) is 3.90. The Hall–Kier alpha value is -1.47. The average molecular weight is 257 g/mol. The molecule has 1 aromatic rings. The van der Waals surface area contributed by atoms with Gasteiger partial charge in [0.2, 0.25) is 6.29 Å². The van der Waals surface area contributed by atoms with E-state index in [0.29, 0.717) is 24.5 Å². The van der Waals surface area contributed by atoms with E-state index in [2.05, 4.69) is 0 Å². The molecule has 0 amide bonds. The van der Waals surface area contributed by atoms with Crippen LogP contribution in [0.2, 0.25) is 0 Å². The molecule has 0 saturated carbocycles. The third-order valence-corrected chi connectivity index (χ3v) is 2.61. The van der Waals surface area contributed by atoms with Crippen LogP contribution < -0.4 is 9.47 Å². The van der Waals surface area contributed by atoms with E-state index >= 15 is 0 Å². The van der Waals surface area contributed by atoms with Crippen molar-refractivity contribution in [3.8, 4) is 11.5 Å².